The highest BCUT2D eigenvalue weighted by Crippen LogP contribution is 2.35. The first-order chi connectivity index (χ1) is 13.5. The Bertz CT molecular complexity index is 778. The molecule has 2 fully saturated rings. The van der Waals surface area contributed by atoms with Crippen molar-refractivity contribution in [3.05, 3.63) is 34.3 Å². The second-order valence-electron chi connectivity index (χ2n) is 8.01. The maximum atomic E-state index is 12.4. The molecule has 0 bridgehead atoms. The number of carbonyl (C=O) groups excluding carboxylic acids is 1. The summed E-state index contributed by atoms with van der Waals surface area (Å²) in [6.45, 7) is 2.00. The smallest absolute Gasteiger partial charge is 0.230 e. The molecule has 4 rings (SSSR count). The van der Waals surface area contributed by atoms with Gasteiger partial charge in [0.15, 0.2) is 5.66 Å². The van der Waals surface area contributed by atoms with E-state index < -0.39 is 0 Å². The van der Waals surface area contributed by atoms with Crippen LogP contribution in [0, 0.1) is 0 Å². The molecular weight excluding hydrogens is 436 g/mol. The zero-order chi connectivity index (χ0) is 19.6. The number of carbonyl (C=O) groups is 1. The Morgan fingerprint density at radius 1 is 1.21 bits per heavy atom. The van der Waals surface area contributed by atoms with Gasteiger partial charge in [0.2, 0.25) is 5.91 Å². The summed E-state index contributed by atoms with van der Waals surface area (Å²) in [5.74, 6) is 0.514. The first kappa shape index (κ1) is 20.1. The van der Waals surface area contributed by atoms with Crippen LogP contribution in [0.3, 0.4) is 0 Å². The fourth-order valence-electron chi connectivity index (χ4n) is 4.09. The van der Waals surface area contributed by atoms with Gasteiger partial charge in [-0.3, -0.25) is 9.79 Å². The number of nitrogens with one attached hydrogen (secondary N) is 1. The molecule has 1 saturated heterocycles. The number of aliphatic imine (C=N–C) groups is 2. The summed E-state index contributed by atoms with van der Waals surface area (Å²) in [5, 5.41) is 4.08. The largest absolute Gasteiger partial charge is 0.353 e. The fourth-order valence-corrected chi connectivity index (χ4v) is 5.24. The van der Waals surface area contributed by atoms with Gasteiger partial charge in [0, 0.05) is 42.0 Å². The average Bonchev–Trinajstić information content (AvgIpc) is 3.32. The second kappa shape index (κ2) is 8.67. The SMILES string of the molecule is CN1CCC2(CC1)N=C(SCC(=O)NC1CCCC1)C(c1ccc(Br)cc1)=N2. The highest BCUT2D eigenvalue weighted by Gasteiger charge is 2.39. The van der Waals surface area contributed by atoms with Gasteiger partial charge >= 0.3 is 0 Å². The van der Waals surface area contributed by atoms with E-state index in [9.17, 15) is 4.79 Å². The van der Waals surface area contributed by atoms with Gasteiger partial charge < -0.3 is 10.2 Å². The summed E-state index contributed by atoms with van der Waals surface area (Å²) in [7, 11) is 2.15. The molecule has 0 unspecified atom stereocenters. The molecule has 1 aromatic rings. The molecule has 3 aliphatic rings. The van der Waals surface area contributed by atoms with Gasteiger partial charge in [-0.2, -0.15) is 0 Å². The summed E-state index contributed by atoms with van der Waals surface area (Å²) in [6, 6.07) is 8.58. The Morgan fingerprint density at radius 3 is 2.57 bits per heavy atom. The van der Waals surface area contributed by atoms with E-state index in [0.717, 1.165) is 59.6 Å². The summed E-state index contributed by atoms with van der Waals surface area (Å²) >= 11 is 5.04. The summed E-state index contributed by atoms with van der Waals surface area (Å²) in [4.78, 5) is 24.9. The van der Waals surface area contributed by atoms with Crippen LogP contribution < -0.4 is 5.32 Å². The summed E-state index contributed by atoms with van der Waals surface area (Å²) in [5.41, 5.74) is 1.66. The number of piperidine rings is 1. The number of rotatable bonds is 4. The third-order valence-electron chi connectivity index (χ3n) is 5.80. The number of thioether (sulfide) groups is 1. The predicted molar refractivity (Wildman–Crippen MR) is 120 cm³/mol. The Labute approximate surface area is 179 Å². The molecule has 0 aromatic heterocycles. The standard InChI is InChI=1S/C21H27BrN4OS/c1-26-12-10-21(11-13-26)24-19(15-6-8-16(22)9-7-15)20(25-21)28-14-18(27)23-17-4-2-3-5-17/h6-9,17H,2-5,10-14H2,1H3,(H,23,27). The maximum Gasteiger partial charge on any atom is 0.230 e. The molecule has 28 heavy (non-hydrogen) atoms. The zero-order valence-electron chi connectivity index (χ0n) is 16.3. The molecule has 1 spiro atoms. The highest BCUT2D eigenvalue weighted by atomic mass is 79.9. The van der Waals surface area contributed by atoms with E-state index in [2.05, 4.69) is 45.3 Å². The molecule has 0 radical (unpaired) electrons. The van der Waals surface area contributed by atoms with Gasteiger partial charge in [-0.25, -0.2) is 4.99 Å². The number of benzene rings is 1. The van der Waals surface area contributed by atoms with Crippen molar-refractivity contribution in [1.82, 2.24) is 10.2 Å². The molecule has 1 saturated carbocycles. The van der Waals surface area contributed by atoms with E-state index in [4.69, 9.17) is 9.98 Å². The number of likely N-dealkylation sites (tertiary alicyclic amines) is 1. The third-order valence-corrected chi connectivity index (χ3v) is 7.29. The van der Waals surface area contributed by atoms with E-state index in [1.165, 1.54) is 24.6 Å². The van der Waals surface area contributed by atoms with Gasteiger partial charge in [0.25, 0.3) is 0 Å². The van der Waals surface area contributed by atoms with E-state index in [-0.39, 0.29) is 11.6 Å². The maximum absolute atomic E-state index is 12.4. The molecule has 5 nitrogen and oxygen atoms in total. The predicted octanol–water partition coefficient (Wildman–Crippen LogP) is 3.86. The van der Waals surface area contributed by atoms with E-state index >= 15 is 0 Å². The Kier molecular flexibility index (Phi) is 6.23. The molecule has 1 amide bonds. The monoisotopic (exact) mass is 462 g/mol. The van der Waals surface area contributed by atoms with Gasteiger partial charge in [-0.05, 0) is 32.0 Å². The van der Waals surface area contributed by atoms with Crippen LogP contribution in [0.15, 0.2) is 38.7 Å². The molecule has 1 N–H and O–H groups in total. The van der Waals surface area contributed by atoms with Crippen molar-refractivity contribution in [3.8, 4) is 0 Å². The lowest BCUT2D eigenvalue weighted by atomic mass is 9.99. The van der Waals surface area contributed by atoms with Gasteiger partial charge in [-0.1, -0.05) is 52.7 Å². The number of amides is 1. The van der Waals surface area contributed by atoms with Crippen molar-refractivity contribution >= 4 is 44.4 Å². The van der Waals surface area contributed by atoms with Gasteiger partial charge in [0.1, 0.15) is 5.04 Å². The minimum absolute atomic E-state index is 0.110. The minimum Gasteiger partial charge on any atom is -0.353 e. The van der Waals surface area contributed by atoms with Crippen LogP contribution in [0.4, 0.5) is 0 Å². The van der Waals surface area contributed by atoms with Crippen molar-refractivity contribution in [1.29, 1.82) is 0 Å². The quantitative estimate of drug-likeness (QED) is 0.738. The third kappa shape index (κ3) is 4.69. The van der Waals surface area contributed by atoms with E-state index in [1.54, 1.807) is 0 Å². The van der Waals surface area contributed by atoms with Crippen molar-refractivity contribution in [2.45, 2.75) is 50.2 Å². The summed E-state index contributed by atoms with van der Waals surface area (Å²) < 4.78 is 1.05. The molecule has 1 aliphatic carbocycles. The van der Waals surface area contributed by atoms with Crippen LogP contribution in [0.25, 0.3) is 0 Å². The molecule has 7 heteroatoms. The van der Waals surface area contributed by atoms with Crippen LogP contribution in [0.1, 0.15) is 44.1 Å². The molecule has 150 valence electrons. The minimum atomic E-state index is -0.348. The lowest BCUT2D eigenvalue weighted by molar-refractivity contribution is -0.119. The van der Waals surface area contributed by atoms with Crippen molar-refractivity contribution in [2.24, 2.45) is 9.98 Å². The number of hydrogen-bond donors (Lipinski definition) is 1. The molecule has 0 atom stereocenters. The summed E-state index contributed by atoms with van der Waals surface area (Å²) in [6.07, 6.45) is 6.53. The van der Waals surface area contributed by atoms with Crippen molar-refractivity contribution < 1.29 is 4.79 Å². The van der Waals surface area contributed by atoms with Crippen LogP contribution >= 0.6 is 27.7 Å². The first-order valence-corrected chi connectivity index (χ1v) is 11.9. The Morgan fingerprint density at radius 2 is 1.89 bits per heavy atom. The van der Waals surface area contributed by atoms with Crippen LogP contribution in [0.2, 0.25) is 0 Å². The Balaban J connectivity index is 1.49. The number of nitrogens with zero attached hydrogens (tertiary/aromatic N) is 3. The molecule has 1 aromatic carbocycles. The first-order valence-electron chi connectivity index (χ1n) is 10.1. The van der Waals surface area contributed by atoms with Crippen molar-refractivity contribution in [3.63, 3.8) is 0 Å². The van der Waals surface area contributed by atoms with Gasteiger partial charge in [-0.15, -0.1) is 0 Å². The van der Waals surface area contributed by atoms with Crippen molar-refractivity contribution in [2.75, 3.05) is 25.9 Å². The second-order valence-corrected chi connectivity index (χ2v) is 9.89. The highest BCUT2D eigenvalue weighted by molar-refractivity contribution is 9.10. The van der Waals surface area contributed by atoms with Crippen LogP contribution in [-0.2, 0) is 4.79 Å². The fraction of sp³-hybridized carbons (Fsp3) is 0.571. The van der Waals surface area contributed by atoms with Crippen LogP contribution in [-0.4, -0.2) is 59.2 Å². The molecule has 2 aliphatic heterocycles. The normalized spacial score (nSPS) is 22.4. The lowest BCUT2D eigenvalue weighted by Gasteiger charge is -2.33. The zero-order valence-corrected chi connectivity index (χ0v) is 18.7. The topological polar surface area (TPSA) is 57.1 Å². The van der Waals surface area contributed by atoms with E-state index in [1.807, 2.05) is 12.1 Å². The molecular formula is C21H27BrN4OS. The number of hydrogen-bond acceptors (Lipinski definition) is 5. The molecule has 2 heterocycles. The van der Waals surface area contributed by atoms with Gasteiger partial charge in [0.05, 0.1) is 11.5 Å². The van der Waals surface area contributed by atoms with E-state index in [0.29, 0.717) is 11.8 Å². The number of halogens is 1. The Hall–Kier alpha value is -1.18. The van der Waals surface area contributed by atoms with Crippen LogP contribution in [0.5, 0.6) is 0 Å². The lowest BCUT2D eigenvalue weighted by Crippen LogP contribution is -2.39. The average molecular weight is 463 g/mol.